The summed E-state index contributed by atoms with van der Waals surface area (Å²) in [6.07, 6.45) is 4.12. The second-order valence-electron chi connectivity index (χ2n) is 8.36. The van der Waals surface area contributed by atoms with E-state index in [1.807, 2.05) is 19.1 Å². The third kappa shape index (κ3) is 6.55. The van der Waals surface area contributed by atoms with Crippen LogP contribution in [0.3, 0.4) is 0 Å². The van der Waals surface area contributed by atoms with Crippen LogP contribution >= 0.6 is 0 Å². The summed E-state index contributed by atoms with van der Waals surface area (Å²) in [7, 11) is -3.37. The summed E-state index contributed by atoms with van der Waals surface area (Å²) in [4.78, 5) is 14.5. The Morgan fingerprint density at radius 2 is 1.87 bits per heavy atom. The van der Waals surface area contributed by atoms with Crippen molar-refractivity contribution in [3.05, 3.63) is 70.8 Å². The first-order valence-corrected chi connectivity index (χ1v) is 12.8. The molecule has 31 heavy (non-hydrogen) atoms. The van der Waals surface area contributed by atoms with Gasteiger partial charge in [0.2, 0.25) is 10.0 Å². The molecule has 0 bridgehead atoms. The number of nitrogens with zero attached hydrogens (tertiary/aromatic N) is 1. The van der Waals surface area contributed by atoms with Gasteiger partial charge in [-0.1, -0.05) is 48.5 Å². The molecule has 1 aliphatic heterocycles. The Balaban J connectivity index is 1.84. The normalized spacial score (nSPS) is 19.3. The Labute approximate surface area is 186 Å². The first-order valence-electron chi connectivity index (χ1n) is 10.9. The smallest absolute Gasteiger partial charge is 0.317 e. The largest absolute Gasteiger partial charge is 0.338 e. The van der Waals surface area contributed by atoms with Crippen molar-refractivity contribution in [3.63, 3.8) is 0 Å². The molecule has 168 valence electrons. The fraction of sp³-hybridized carbons (Fsp3) is 0.458. The van der Waals surface area contributed by atoms with Gasteiger partial charge in [0.05, 0.1) is 12.3 Å². The molecule has 1 heterocycles. The van der Waals surface area contributed by atoms with Crippen molar-refractivity contribution < 1.29 is 13.2 Å². The molecule has 0 aromatic heterocycles. The van der Waals surface area contributed by atoms with Crippen molar-refractivity contribution in [2.75, 3.05) is 19.3 Å². The minimum absolute atomic E-state index is 0.136. The van der Waals surface area contributed by atoms with Gasteiger partial charge in [-0.25, -0.2) is 17.9 Å². The summed E-state index contributed by atoms with van der Waals surface area (Å²) in [6.45, 7) is 5.17. The van der Waals surface area contributed by atoms with E-state index in [1.165, 1.54) is 22.9 Å². The highest BCUT2D eigenvalue weighted by molar-refractivity contribution is 7.88. The maximum atomic E-state index is 12.7. The van der Waals surface area contributed by atoms with E-state index in [9.17, 15) is 13.2 Å². The number of hydrogen-bond donors (Lipinski definition) is 2. The second-order valence-corrected chi connectivity index (χ2v) is 10.1. The average molecular weight is 444 g/mol. The van der Waals surface area contributed by atoms with E-state index in [4.69, 9.17) is 0 Å². The van der Waals surface area contributed by atoms with Crippen LogP contribution in [-0.2, 0) is 22.9 Å². The highest BCUT2D eigenvalue weighted by Gasteiger charge is 2.35. The summed E-state index contributed by atoms with van der Waals surface area (Å²) < 4.78 is 26.7. The molecule has 2 N–H and O–H groups in total. The van der Waals surface area contributed by atoms with E-state index in [1.54, 1.807) is 4.90 Å². The fourth-order valence-corrected chi connectivity index (χ4v) is 5.19. The maximum absolute atomic E-state index is 12.7. The molecule has 3 rings (SSSR count). The number of rotatable bonds is 7. The van der Waals surface area contributed by atoms with E-state index in [0.29, 0.717) is 19.5 Å². The van der Waals surface area contributed by atoms with Crippen LogP contribution in [0.4, 0.5) is 4.79 Å². The molecule has 0 spiro atoms. The Bertz CT molecular complexity index is 1010. The lowest BCUT2D eigenvalue weighted by molar-refractivity contribution is 0.134. The molecule has 2 atom stereocenters. The molecule has 0 aliphatic carbocycles. The zero-order valence-electron chi connectivity index (χ0n) is 18.6. The number of hydrogen-bond acceptors (Lipinski definition) is 3. The molecule has 7 heteroatoms. The van der Waals surface area contributed by atoms with Crippen molar-refractivity contribution in [1.82, 2.24) is 14.9 Å². The van der Waals surface area contributed by atoms with E-state index in [0.717, 1.165) is 24.8 Å². The van der Waals surface area contributed by atoms with Gasteiger partial charge in [-0.05, 0) is 61.8 Å². The van der Waals surface area contributed by atoms with Crippen LogP contribution in [0.1, 0.15) is 42.0 Å². The predicted molar refractivity (Wildman–Crippen MR) is 125 cm³/mol. The molecule has 1 aliphatic rings. The number of benzene rings is 2. The minimum atomic E-state index is -3.37. The topological polar surface area (TPSA) is 78.5 Å². The molecule has 1 saturated heterocycles. The average Bonchev–Trinajstić information content (AvgIpc) is 2.70. The molecular weight excluding hydrogens is 410 g/mol. The predicted octanol–water partition coefficient (Wildman–Crippen LogP) is 3.24. The Kier molecular flexibility index (Phi) is 7.73. The third-order valence-corrected chi connectivity index (χ3v) is 6.56. The molecule has 6 nitrogen and oxygen atoms in total. The van der Waals surface area contributed by atoms with Crippen molar-refractivity contribution in [3.8, 4) is 0 Å². The van der Waals surface area contributed by atoms with Crippen molar-refractivity contribution in [2.24, 2.45) is 0 Å². The number of carbonyl (C=O) groups excluding carboxylic acids is 1. The van der Waals surface area contributed by atoms with Crippen LogP contribution < -0.4 is 10.0 Å². The van der Waals surface area contributed by atoms with Gasteiger partial charge in [0.15, 0.2) is 0 Å². The van der Waals surface area contributed by atoms with E-state index >= 15 is 0 Å². The van der Waals surface area contributed by atoms with E-state index in [2.05, 4.69) is 53.4 Å². The lowest BCUT2D eigenvalue weighted by Gasteiger charge is -2.41. The Morgan fingerprint density at radius 1 is 1.13 bits per heavy atom. The molecule has 2 aromatic rings. The first-order chi connectivity index (χ1) is 14.8. The molecule has 0 unspecified atom stereocenters. The van der Waals surface area contributed by atoms with Crippen LogP contribution in [0.15, 0.2) is 48.5 Å². The minimum Gasteiger partial charge on any atom is -0.338 e. The monoisotopic (exact) mass is 443 g/mol. The van der Waals surface area contributed by atoms with E-state index < -0.39 is 10.0 Å². The molecule has 2 aromatic carbocycles. The maximum Gasteiger partial charge on any atom is 0.317 e. The summed E-state index contributed by atoms with van der Waals surface area (Å²) in [5.74, 6) is 0. The third-order valence-electron chi connectivity index (χ3n) is 5.83. The van der Waals surface area contributed by atoms with Crippen LogP contribution in [0.25, 0.3) is 0 Å². The Hall–Kier alpha value is -2.38. The molecule has 1 fully saturated rings. The van der Waals surface area contributed by atoms with E-state index in [-0.39, 0.29) is 18.1 Å². The number of sulfonamides is 1. The fourth-order valence-electron chi connectivity index (χ4n) is 4.36. The van der Waals surface area contributed by atoms with Gasteiger partial charge in [-0.3, -0.25) is 0 Å². The standard InChI is InChI=1S/C24H33N3O3S/c1-4-25-24(28)27-14-8-13-22(26-31(3,29)30)23(27)17-20-11-7-10-19(15-20)16-21-12-6-5-9-18(21)2/h5-7,9-12,15,22-23,26H,4,8,13-14,16-17H2,1-3H3,(H,25,28)/t22-,23+/m0/s1. The summed E-state index contributed by atoms with van der Waals surface area (Å²) in [5, 5.41) is 2.87. The van der Waals surface area contributed by atoms with Gasteiger partial charge >= 0.3 is 6.03 Å². The SMILES string of the molecule is CCNC(=O)N1CCC[C@H](NS(C)(=O)=O)[C@H]1Cc1cccc(Cc2ccccc2C)c1. The molecule has 2 amide bonds. The number of aryl methyl sites for hydroxylation is 1. The highest BCUT2D eigenvalue weighted by Crippen LogP contribution is 2.23. The van der Waals surface area contributed by atoms with Gasteiger partial charge in [0.25, 0.3) is 0 Å². The number of likely N-dealkylation sites (tertiary alicyclic amines) is 1. The zero-order chi connectivity index (χ0) is 22.4. The molecule has 0 saturated carbocycles. The summed E-state index contributed by atoms with van der Waals surface area (Å²) in [5.41, 5.74) is 4.87. The van der Waals surface area contributed by atoms with Gasteiger partial charge in [-0.2, -0.15) is 0 Å². The summed E-state index contributed by atoms with van der Waals surface area (Å²) >= 11 is 0. The van der Waals surface area contributed by atoms with Gasteiger partial charge < -0.3 is 10.2 Å². The van der Waals surface area contributed by atoms with Gasteiger partial charge in [0, 0.05) is 19.1 Å². The van der Waals surface area contributed by atoms with Gasteiger partial charge in [0.1, 0.15) is 0 Å². The lowest BCUT2D eigenvalue weighted by Crippen LogP contribution is -2.59. The first kappa shape index (κ1) is 23.3. The number of urea groups is 1. The van der Waals surface area contributed by atoms with Crippen molar-refractivity contribution >= 4 is 16.1 Å². The van der Waals surface area contributed by atoms with Crippen LogP contribution in [-0.4, -0.2) is 50.8 Å². The second kappa shape index (κ2) is 10.3. The number of amides is 2. The lowest BCUT2D eigenvalue weighted by atomic mass is 9.90. The van der Waals surface area contributed by atoms with Crippen LogP contribution in [0.5, 0.6) is 0 Å². The van der Waals surface area contributed by atoms with Gasteiger partial charge in [-0.15, -0.1) is 0 Å². The number of piperidine rings is 1. The number of nitrogens with one attached hydrogen (secondary N) is 2. The molecular formula is C24H33N3O3S. The molecule has 0 radical (unpaired) electrons. The van der Waals surface area contributed by atoms with Crippen LogP contribution in [0.2, 0.25) is 0 Å². The zero-order valence-corrected chi connectivity index (χ0v) is 19.4. The van der Waals surface area contributed by atoms with Crippen LogP contribution in [0, 0.1) is 6.92 Å². The quantitative estimate of drug-likeness (QED) is 0.690. The van der Waals surface area contributed by atoms with Crippen molar-refractivity contribution in [1.29, 1.82) is 0 Å². The highest BCUT2D eigenvalue weighted by atomic mass is 32.2. The Morgan fingerprint density at radius 3 is 2.58 bits per heavy atom. The number of carbonyl (C=O) groups is 1. The summed E-state index contributed by atoms with van der Waals surface area (Å²) in [6, 6.07) is 16.1. The van der Waals surface area contributed by atoms with Crippen molar-refractivity contribution in [2.45, 2.75) is 51.6 Å².